The lowest BCUT2D eigenvalue weighted by atomic mass is 9.86. The van der Waals surface area contributed by atoms with Crippen LogP contribution in [0.15, 0.2) is 17.5 Å². The summed E-state index contributed by atoms with van der Waals surface area (Å²) in [4.78, 5) is 16.3. The Morgan fingerprint density at radius 3 is 2.52 bits per heavy atom. The zero-order valence-electron chi connectivity index (χ0n) is 17.5. The summed E-state index contributed by atoms with van der Waals surface area (Å²) in [6.45, 7) is 12.9. The highest BCUT2D eigenvalue weighted by Crippen LogP contribution is 2.28. The molecule has 1 fully saturated rings. The maximum atomic E-state index is 4.88. The van der Waals surface area contributed by atoms with Crippen molar-refractivity contribution in [2.75, 3.05) is 6.54 Å². The van der Waals surface area contributed by atoms with Gasteiger partial charge in [-0.2, -0.15) is 5.10 Å². The molecule has 0 aliphatic heterocycles. The van der Waals surface area contributed by atoms with E-state index in [1.165, 1.54) is 37.8 Å². The third-order valence-corrected chi connectivity index (χ3v) is 5.79. The van der Waals surface area contributed by atoms with E-state index in [-0.39, 0.29) is 0 Å². The van der Waals surface area contributed by atoms with Crippen molar-refractivity contribution in [2.24, 2.45) is 10.9 Å². The predicted octanol–water partition coefficient (Wildman–Crippen LogP) is 4.62. The van der Waals surface area contributed by atoms with Crippen LogP contribution in [-0.4, -0.2) is 49.0 Å². The predicted molar refractivity (Wildman–Crippen MR) is 112 cm³/mol. The third kappa shape index (κ3) is 4.72. The fraction of sp³-hybridized carbons (Fsp3) is 0.714. The number of aromatic nitrogens is 4. The Morgan fingerprint density at radius 1 is 1.15 bits per heavy atom. The molecule has 0 saturated heterocycles. The minimum absolute atomic E-state index is 0.514. The lowest BCUT2D eigenvalue weighted by Crippen LogP contribution is -2.39. The second-order valence-electron chi connectivity index (χ2n) is 8.32. The van der Waals surface area contributed by atoms with Crippen LogP contribution >= 0.6 is 0 Å². The summed E-state index contributed by atoms with van der Waals surface area (Å²) in [7, 11) is 0. The van der Waals surface area contributed by atoms with Gasteiger partial charge in [-0.1, -0.05) is 19.3 Å². The van der Waals surface area contributed by atoms with Gasteiger partial charge in [-0.05, 0) is 53.4 Å². The molecule has 0 spiro atoms. The molecule has 0 aromatic carbocycles. The average Bonchev–Trinajstić information content (AvgIpc) is 3.06. The molecule has 2 aromatic rings. The van der Waals surface area contributed by atoms with Gasteiger partial charge in [-0.3, -0.25) is 4.90 Å². The Kier molecular flexibility index (Phi) is 6.58. The van der Waals surface area contributed by atoms with Gasteiger partial charge in [0.1, 0.15) is 6.33 Å². The first-order chi connectivity index (χ1) is 13.0. The molecule has 6 nitrogen and oxygen atoms in total. The molecular weight excluding hydrogens is 336 g/mol. The lowest BCUT2D eigenvalue weighted by Gasteiger charge is -2.30. The number of nitrogens with zero attached hydrogens (tertiary/aromatic N) is 6. The number of hydrogen-bond donors (Lipinski definition) is 0. The molecule has 0 radical (unpaired) electrons. The highest BCUT2D eigenvalue weighted by molar-refractivity contribution is 5.92. The molecular formula is C21H34N6. The van der Waals surface area contributed by atoms with E-state index in [0.717, 1.165) is 29.9 Å². The molecule has 0 bridgehead atoms. The van der Waals surface area contributed by atoms with Crippen LogP contribution in [0.4, 0.5) is 5.82 Å². The maximum absolute atomic E-state index is 4.88. The molecule has 2 aromatic heterocycles. The second kappa shape index (κ2) is 8.91. The molecule has 1 aliphatic rings. The van der Waals surface area contributed by atoms with E-state index in [2.05, 4.69) is 54.6 Å². The molecule has 27 heavy (non-hydrogen) atoms. The molecule has 0 unspecified atom stereocenters. The molecule has 0 amide bonds. The number of rotatable bonds is 7. The first-order valence-electron chi connectivity index (χ1n) is 10.4. The molecule has 1 aliphatic carbocycles. The van der Waals surface area contributed by atoms with Crippen molar-refractivity contribution in [3.05, 3.63) is 12.5 Å². The van der Waals surface area contributed by atoms with Crippen LogP contribution < -0.4 is 0 Å². The van der Waals surface area contributed by atoms with Crippen molar-refractivity contribution in [1.82, 2.24) is 24.6 Å². The van der Waals surface area contributed by atoms with Crippen LogP contribution in [0.25, 0.3) is 11.0 Å². The SMILES string of the molecule is CC(=Nc1ncnc2c1cnn2CCN(C(C)C)C(C)C)C1CCCCC1. The first-order valence-corrected chi connectivity index (χ1v) is 10.4. The molecule has 1 saturated carbocycles. The quantitative estimate of drug-likeness (QED) is 0.667. The fourth-order valence-corrected chi connectivity index (χ4v) is 4.23. The monoisotopic (exact) mass is 370 g/mol. The van der Waals surface area contributed by atoms with Gasteiger partial charge < -0.3 is 0 Å². The van der Waals surface area contributed by atoms with E-state index in [4.69, 9.17) is 4.99 Å². The zero-order chi connectivity index (χ0) is 19.4. The largest absolute Gasteiger partial charge is 0.297 e. The van der Waals surface area contributed by atoms with Gasteiger partial charge >= 0.3 is 0 Å². The number of hydrogen-bond acceptors (Lipinski definition) is 5. The summed E-state index contributed by atoms with van der Waals surface area (Å²) < 4.78 is 1.99. The second-order valence-corrected chi connectivity index (χ2v) is 8.32. The Morgan fingerprint density at radius 2 is 1.85 bits per heavy atom. The van der Waals surface area contributed by atoms with E-state index in [0.29, 0.717) is 18.0 Å². The lowest BCUT2D eigenvalue weighted by molar-refractivity contribution is 0.167. The molecule has 0 N–H and O–H groups in total. The minimum Gasteiger partial charge on any atom is -0.297 e. The molecule has 0 atom stereocenters. The van der Waals surface area contributed by atoms with Gasteiger partial charge in [0.15, 0.2) is 11.5 Å². The Hall–Kier alpha value is -1.82. The van der Waals surface area contributed by atoms with Crippen LogP contribution in [-0.2, 0) is 6.54 Å². The normalized spacial score (nSPS) is 17.0. The summed E-state index contributed by atoms with van der Waals surface area (Å²) >= 11 is 0. The molecule has 2 heterocycles. The van der Waals surface area contributed by atoms with E-state index < -0.39 is 0 Å². The van der Waals surface area contributed by atoms with Crippen molar-refractivity contribution < 1.29 is 0 Å². The topological polar surface area (TPSA) is 59.2 Å². The Balaban J connectivity index is 1.80. The number of aliphatic imine (C=N–C) groups is 1. The Labute approximate surface area is 163 Å². The van der Waals surface area contributed by atoms with Gasteiger partial charge in [0.25, 0.3) is 0 Å². The van der Waals surface area contributed by atoms with E-state index in [1.54, 1.807) is 6.33 Å². The van der Waals surface area contributed by atoms with Crippen LogP contribution in [0.1, 0.15) is 66.7 Å². The summed E-state index contributed by atoms with van der Waals surface area (Å²) in [5.74, 6) is 1.36. The van der Waals surface area contributed by atoms with Crippen molar-refractivity contribution in [3.8, 4) is 0 Å². The Bertz CT molecular complexity index is 762. The van der Waals surface area contributed by atoms with Crippen molar-refractivity contribution >= 4 is 22.6 Å². The average molecular weight is 371 g/mol. The molecule has 148 valence electrons. The summed E-state index contributed by atoms with van der Waals surface area (Å²) in [6.07, 6.45) is 9.99. The van der Waals surface area contributed by atoms with Gasteiger partial charge in [0, 0.05) is 24.3 Å². The smallest absolute Gasteiger partial charge is 0.166 e. The zero-order valence-corrected chi connectivity index (χ0v) is 17.5. The first kappa shape index (κ1) is 19.9. The highest BCUT2D eigenvalue weighted by atomic mass is 15.3. The molecule has 6 heteroatoms. The van der Waals surface area contributed by atoms with E-state index in [9.17, 15) is 0 Å². The summed E-state index contributed by atoms with van der Waals surface area (Å²) in [5, 5.41) is 5.54. The van der Waals surface area contributed by atoms with Crippen molar-refractivity contribution in [3.63, 3.8) is 0 Å². The van der Waals surface area contributed by atoms with E-state index >= 15 is 0 Å². The summed E-state index contributed by atoms with van der Waals surface area (Å²) in [6, 6.07) is 1.03. The number of fused-ring (bicyclic) bond motifs is 1. The standard InChI is InChI=1S/C21H34N6/c1-15(2)26(16(3)4)11-12-27-21-19(13-24-27)20(22-14-23-21)25-17(5)18-9-7-6-8-10-18/h13-16,18H,6-12H2,1-5H3. The van der Waals surface area contributed by atoms with E-state index in [1.807, 2.05) is 10.9 Å². The van der Waals surface area contributed by atoms with Crippen LogP contribution in [0.5, 0.6) is 0 Å². The third-order valence-electron chi connectivity index (χ3n) is 5.79. The van der Waals surface area contributed by atoms with Crippen molar-refractivity contribution in [2.45, 2.75) is 85.4 Å². The van der Waals surface area contributed by atoms with Gasteiger partial charge in [0.05, 0.1) is 18.1 Å². The van der Waals surface area contributed by atoms with Crippen LogP contribution in [0.2, 0.25) is 0 Å². The maximum Gasteiger partial charge on any atom is 0.166 e. The van der Waals surface area contributed by atoms with Gasteiger partial charge in [-0.15, -0.1) is 0 Å². The van der Waals surface area contributed by atoms with Crippen LogP contribution in [0, 0.1) is 5.92 Å². The molecule has 3 rings (SSSR count). The summed E-state index contributed by atoms with van der Waals surface area (Å²) in [5.41, 5.74) is 2.08. The van der Waals surface area contributed by atoms with Gasteiger partial charge in [-0.25, -0.2) is 19.6 Å². The van der Waals surface area contributed by atoms with Crippen molar-refractivity contribution in [1.29, 1.82) is 0 Å². The highest BCUT2D eigenvalue weighted by Gasteiger charge is 2.18. The van der Waals surface area contributed by atoms with Crippen LogP contribution in [0.3, 0.4) is 0 Å². The van der Waals surface area contributed by atoms with Gasteiger partial charge in [0.2, 0.25) is 0 Å². The minimum atomic E-state index is 0.514. The fourth-order valence-electron chi connectivity index (χ4n) is 4.23.